The molecule has 0 amide bonds. The van der Waals surface area contributed by atoms with Crippen molar-refractivity contribution in [3.05, 3.63) is 0 Å². The topological polar surface area (TPSA) is 0 Å². The van der Waals surface area contributed by atoms with Crippen LogP contribution in [-0.2, 0) is 11.2 Å². The summed E-state index contributed by atoms with van der Waals surface area (Å²) in [6.45, 7) is 13.9. The molecule has 0 aliphatic heterocycles. The minimum absolute atomic E-state index is 0.0675. The summed E-state index contributed by atoms with van der Waals surface area (Å²) in [7, 11) is 0.135. The molecule has 0 N–H and O–H groups in total. The van der Waals surface area contributed by atoms with Crippen LogP contribution in [0.15, 0.2) is 0 Å². The Morgan fingerprint density at radius 3 is 0.655 bits per heavy atom. The third-order valence-electron chi connectivity index (χ3n) is 5.30. The van der Waals surface area contributed by atoms with Crippen LogP contribution < -0.4 is 0 Å². The summed E-state index contributed by atoms with van der Waals surface area (Å²) in [6.07, 6.45) is 26.8. The molecule has 0 unspecified atom stereocenters. The molecule has 184 valence electrons. The van der Waals surface area contributed by atoms with E-state index in [0.29, 0.717) is 11.2 Å². The molecular weight excluding hydrogens is 799 g/mol. The number of hydrogen-bond acceptors (Lipinski definition) is 0. The Bertz CT molecular complexity index is 197. The molecule has 0 spiro atoms. The molecular formula is C24H56I2P2Pt+2. The number of unbranched alkanes of at least 4 members (excludes halogenated alkanes) is 6. The summed E-state index contributed by atoms with van der Waals surface area (Å²) in [6, 6.07) is 0. The minimum atomic E-state index is 0.0675. The molecule has 5 heteroatoms. The molecule has 0 atom stereocenters. The zero-order valence-electron chi connectivity index (χ0n) is 20.8. The number of rotatable bonds is 18. The normalized spacial score (nSPS) is 10.7. The van der Waals surface area contributed by atoms with Gasteiger partial charge in [0.05, 0.1) is 37.0 Å². The second-order valence-corrected chi connectivity index (χ2v) is 30.8. The van der Waals surface area contributed by atoms with Gasteiger partial charge in [-0.3, -0.25) is 0 Å². The van der Waals surface area contributed by atoms with Crippen LogP contribution in [0.3, 0.4) is 0 Å². The van der Waals surface area contributed by atoms with Crippen LogP contribution >= 0.6 is 54.5 Å². The van der Waals surface area contributed by atoms with E-state index in [1.54, 1.807) is 37.0 Å². The first-order valence-electron chi connectivity index (χ1n) is 12.6. The average Bonchev–Trinajstić information content (AvgIpc) is 2.73. The van der Waals surface area contributed by atoms with Gasteiger partial charge in [-0.1, -0.05) is 80.1 Å². The van der Waals surface area contributed by atoms with Crippen molar-refractivity contribution >= 4 is 54.5 Å². The van der Waals surface area contributed by atoms with Gasteiger partial charge in [0.15, 0.2) is 0 Å². The standard InChI is InChI=1S/2C12H27P.2HI.Pt/c2*1-4-7-10-13(11-8-5-2)12-9-6-3;;;/h2*4-12H2,1-3H3;2*1H;/q;;;;+2. The van der Waals surface area contributed by atoms with E-state index in [4.69, 9.17) is 0 Å². The van der Waals surface area contributed by atoms with Crippen molar-refractivity contribution in [3.63, 3.8) is 0 Å². The SMILES string of the molecule is CCCC[PH+](CCCC)CCCC.CCCC[PH+](CCCC)CCCC.[I][Pt][I]. The van der Waals surface area contributed by atoms with Crippen molar-refractivity contribution in [3.8, 4) is 0 Å². The van der Waals surface area contributed by atoms with E-state index in [9.17, 15) is 0 Å². The van der Waals surface area contributed by atoms with Crippen LogP contribution in [0, 0.1) is 0 Å². The van der Waals surface area contributed by atoms with E-state index in [0.717, 1.165) is 0 Å². The molecule has 0 aromatic rings. The van der Waals surface area contributed by atoms with Crippen molar-refractivity contribution in [2.45, 2.75) is 119 Å². The van der Waals surface area contributed by atoms with Gasteiger partial charge in [0.2, 0.25) is 0 Å². The summed E-state index contributed by atoms with van der Waals surface area (Å²) >= 11 is 5.30. The van der Waals surface area contributed by atoms with Crippen LogP contribution in [0.5, 0.6) is 0 Å². The molecule has 0 saturated heterocycles. The first-order valence-corrected chi connectivity index (χ1v) is 29.7. The van der Waals surface area contributed by atoms with Gasteiger partial charge in [-0.2, -0.15) is 0 Å². The zero-order valence-corrected chi connectivity index (χ0v) is 29.4. The average molecular weight is 856 g/mol. The van der Waals surface area contributed by atoms with Crippen LogP contribution in [0.25, 0.3) is 0 Å². The predicted molar refractivity (Wildman–Crippen MR) is 163 cm³/mol. The fourth-order valence-electron chi connectivity index (χ4n) is 3.31. The number of halogens is 2. The molecule has 0 saturated carbocycles. The summed E-state index contributed by atoms with van der Waals surface area (Å²) in [4.78, 5) is 0. The Morgan fingerprint density at radius 2 is 0.552 bits per heavy atom. The first-order chi connectivity index (χ1) is 14.1. The second kappa shape index (κ2) is 35.6. The van der Waals surface area contributed by atoms with Gasteiger partial charge in [0.1, 0.15) is 0 Å². The third-order valence-corrected chi connectivity index (χ3v) is 11.7. The van der Waals surface area contributed by atoms with Crippen molar-refractivity contribution in [2.24, 2.45) is 0 Å². The van der Waals surface area contributed by atoms with E-state index in [-0.39, 0.29) is 15.8 Å². The first kappa shape index (κ1) is 36.6. The molecule has 0 aromatic carbocycles. The van der Waals surface area contributed by atoms with Crippen LogP contribution in [0.4, 0.5) is 0 Å². The molecule has 0 nitrogen and oxygen atoms in total. The van der Waals surface area contributed by atoms with Crippen molar-refractivity contribution < 1.29 is 11.2 Å². The summed E-state index contributed by atoms with van der Waals surface area (Å²) in [5, 5.41) is 0. The fraction of sp³-hybridized carbons (Fsp3) is 1.00. The van der Waals surface area contributed by atoms with Gasteiger partial charge in [0, 0.05) is 15.8 Å². The molecule has 0 fully saturated rings. The molecule has 0 aromatic heterocycles. The Kier molecular flexibility index (Phi) is 44.9. The molecule has 0 heterocycles. The maximum atomic E-state index is 2.39. The Balaban J connectivity index is -0.000000410. The Morgan fingerprint density at radius 1 is 0.414 bits per heavy atom. The number of hydrogen-bond donors (Lipinski definition) is 0. The Hall–Kier alpha value is 3.01. The quantitative estimate of drug-likeness (QED) is 0.0952. The molecule has 29 heavy (non-hydrogen) atoms. The molecule has 0 bridgehead atoms. The maximum absolute atomic E-state index is 2.39. The van der Waals surface area contributed by atoms with Gasteiger partial charge < -0.3 is 0 Å². The van der Waals surface area contributed by atoms with E-state index in [1.807, 2.05) is 0 Å². The van der Waals surface area contributed by atoms with E-state index in [2.05, 4.69) is 80.2 Å². The Labute approximate surface area is 219 Å². The summed E-state index contributed by atoms with van der Waals surface area (Å²) < 4.78 is 0. The monoisotopic (exact) mass is 855 g/mol. The van der Waals surface area contributed by atoms with Crippen molar-refractivity contribution in [1.29, 1.82) is 0 Å². The molecule has 0 rings (SSSR count). The van der Waals surface area contributed by atoms with E-state index in [1.165, 1.54) is 77.0 Å². The van der Waals surface area contributed by atoms with Crippen LogP contribution in [-0.4, -0.2) is 37.0 Å². The summed E-state index contributed by atoms with van der Waals surface area (Å²) in [5.41, 5.74) is 0. The van der Waals surface area contributed by atoms with Gasteiger partial charge >= 0.3 is 49.9 Å². The molecule has 0 radical (unpaired) electrons. The van der Waals surface area contributed by atoms with Gasteiger partial charge in [-0.05, 0) is 38.5 Å². The fourth-order valence-corrected chi connectivity index (χ4v) is 9.93. The van der Waals surface area contributed by atoms with E-state index >= 15 is 0 Å². The van der Waals surface area contributed by atoms with Crippen molar-refractivity contribution in [1.82, 2.24) is 0 Å². The predicted octanol–water partition coefficient (Wildman–Crippen LogP) is 11.0. The third kappa shape index (κ3) is 35.8. The zero-order chi connectivity index (χ0) is 22.6. The second-order valence-electron chi connectivity index (χ2n) is 8.17. The van der Waals surface area contributed by atoms with Gasteiger partial charge in [-0.25, -0.2) is 0 Å². The molecule has 0 aliphatic rings. The summed E-state index contributed by atoms with van der Waals surface area (Å²) in [5.74, 6) is 0. The van der Waals surface area contributed by atoms with Gasteiger partial charge in [0.25, 0.3) is 0 Å². The van der Waals surface area contributed by atoms with Crippen LogP contribution in [0.1, 0.15) is 119 Å². The van der Waals surface area contributed by atoms with Gasteiger partial charge in [-0.15, -0.1) is 0 Å². The molecule has 0 aliphatic carbocycles. The van der Waals surface area contributed by atoms with E-state index < -0.39 is 0 Å². The van der Waals surface area contributed by atoms with Crippen LogP contribution in [0.2, 0.25) is 0 Å². The van der Waals surface area contributed by atoms with Crippen molar-refractivity contribution in [2.75, 3.05) is 37.0 Å².